The molecule has 20 heavy (non-hydrogen) atoms. The van der Waals surface area contributed by atoms with E-state index in [4.69, 9.17) is 4.74 Å². The van der Waals surface area contributed by atoms with Gasteiger partial charge >= 0.3 is 0 Å². The lowest BCUT2D eigenvalue weighted by Crippen LogP contribution is -2.20. The highest BCUT2D eigenvalue weighted by Gasteiger charge is 2.09. The lowest BCUT2D eigenvalue weighted by atomic mass is 10.1. The minimum atomic E-state index is -0.226. The molecule has 0 bridgehead atoms. The van der Waals surface area contributed by atoms with Crippen LogP contribution < -0.4 is 5.32 Å². The smallest absolute Gasteiger partial charge is 0.123 e. The van der Waals surface area contributed by atoms with Gasteiger partial charge in [-0.15, -0.1) is 0 Å². The minimum absolute atomic E-state index is 0.226. The van der Waals surface area contributed by atoms with Gasteiger partial charge in [0.2, 0.25) is 0 Å². The molecule has 1 aromatic heterocycles. The largest absolute Gasteiger partial charge is 0.383 e. The third kappa shape index (κ3) is 3.43. The number of aryl methyl sites for hydroxylation is 1. The first-order chi connectivity index (χ1) is 9.76. The first-order valence-corrected chi connectivity index (χ1v) is 6.77. The van der Waals surface area contributed by atoms with E-state index in [0.29, 0.717) is 13.2 Å². The number of halogens is 1. The monoisotopic (exact) mass is 277 g/mol. The quantitative estimate of drug-likeness (QED) is 0.789. The summed E-state index contributed by atoms with van der Waals surface area (Å²) in [6.07, 6.45) is 4.51. The standard InChI is InChI=1S/C15H20FN3O/c1-3-15-18-6-8-19(15)14-5-4-13(16)10-12(14)11-17-7-9-20-2/h4-6,8,10,17H,3,7,9,11H2,1-2H3. The second kappa shape index (κ2) is 7.17. The summed E-state index contributed by atoms with van der Waals surface area (Å²) in [5.41, 5.74) is 1.87. The lowest BCUT2D eigenvalue weighted by molar-refractivity contribution is 0.199. The molecule has 2 rings (SSSR count). The molecule has 0 radical (unpaired) electrons. The fourth-order valence-corrected chi connectivity index (χ4v) is 2.14. The number of imidazole rings is 1. The fourth-order valence-electron chi connectivity index (χ4n) is 2.14. The molecule has 1 heterocycles. The van der Waals surface area contributed by atoms with Crippen molar-refractivity contribution < 1.29 is 9.13 Å². The van der Waals surface area contributed by atoms with E-state index in [1.54, 1.807) is 25.4 Å². The first kappa shape index (κ1) is 14.7. The summed E-state index contributed by atoms with van der Waals surface area (Å²) in [6.45, 7) is 4.02. The number of hydrogen-bond acceptors (Lipinski definition) is 3. The van der Waals surface area contributed by atoms with Crippen molar-refractivity contribution in [1.29, 1.82) is 0 Å². The molecule has 108 valence electrons. The predicted molar refractivity (Wildman–Crippen MR) is 76.5 cm³/mol. The van der Waals surface area contributed by atoms with E-state index >= 15 is 0 Å². The number of rotatable bonds is 7. The Balaban J connectivity index is 2.24. The highest BCUT2D eigenvalue weighted by atomic mass is 19.1. The van der Waals surface area contributed by atoms with E-state index in [1.807, 2.05) is 10.8 Å². The molecule has 0 saturated heterocycles. The molecule has 1 N–H and O–H groups in total. The van der Waals surface area contributed by atoms with Gasteiger partial charge in [0, 0.05) is 39.0 Å². The molecule has 4 nitrogen and oxygen atoms in total. The van der Waals surface area contributed by atoms with Crippen molar-refractivity contribution in [2.24, 2.45) is 0 Å². The molecular formula is C15H20FN3O. The Morgan fingerprint density at radius 2 is 2.25 bits per heavy atom. The third-order valence-corrected chi connectivity index (χ3v) is 3.13. The maximum atomic E-state index is 13.5. The number of aromatic nitrogens is 2. The maximum Gasteiger partial charge on any atom is 0.123 e. The number of benzene rings is 1. The van der Waals surface area contributed by atoms with Crippen LogP contribution >= 0.6 is 0 Å². The van der Waals surface area contributed by atoms with Crippen molar-refractivity contribution >= 4 is 0 Å². The van der Waals surface area contributed by atoms with E-state index in [1.165, 1.54) is 6.07 Å². The van der Waals surface area contributed by atoms with Gasteiger partial charge in [0.05, 0.1) is 12.3 Å². The Hall–Kier alpha value is -1.72. The zero-order valence-corrected chi connectivity index (χ0v) is 11.9. The lowest BCUT2D eigenvalue weighted by Gasteiger charge is -2.13. The van der Waals surface area contributed by atoms with Gasteiger partial charge in [0.1, 0.15) is 11.6 Å². The SMILES string of the molecule is CCc1nccn1-c1ccc(F)cc1CNCCOC. The summed E-state index contributed by atoms with van der Waals surface area (Å²) in [7, 11) is 1.66. The minimum Gasteiger partial charge on any atom is -0.383 e. The third-order valence-electron chi connectivity index (χ3n) is 3.13. The van der Waals surface area contributed by atoms with Crippen LogP contribution in [-0.2, 0) is 17.7 Å². The fraction of sp³-hybridized carbons (Fsp3) is 0.400. The zero-order valence-electron chi connectivity index (χ0n) is 11.9. The molecule has 0 spiro atoms. The summed E-state index contributed by atoms with van der Waals surface area (Å²) in [5, 5.41) is 3.24. The van der Waals surface area contributed by atoms with Crippen molar-refractivity contribution in [2.75, 3.05) is 20.3 Å². The predicted octanol–water partition coefficient (Wildman–Crippen LogP) is 2.31. The summed E-state index contributed by atoms with van der Waals surface area (Å²) in [5.74, 6) is 0.741. The summed E-state index contributed by atoms with van der Waals surface area (Å²) in [4.78, 5) is 4.31. The van der Waals surface area contributed by atoms with Crippen molar-refractivity contribution in [1.82, 2.24) is 14.9 Å². The van der Waals surface area contributed by atoms with Gasteiger partial charge in [0.25, 0.3) is 0 Å². The van der Waals surface area contributed by atoms with E-state index in [-0.39, 0.29) is 5.82 Å². The Kier molecular flexibility index (Phi) is 5.26. The molecule has 0 aliphatic carbocycles. The van der Waals surface area contributed by atoms with E-state index in [9.17, 15) is 4.39 Å². The number of hydrogen-bond donors (Lipinski definition) is 1. The first-order valence-electron chi connectivity index (χ1n) is 6.77. The van der Waals surface area contributed by atoms with Crippen LogP contribution in [0.25, 0.3) is 5.69 Å². The maximum absolute atomic E-state index is 13.5. The molecule has 0 unspecified atom stereocenters. The van der Waals surface area contributed by atoms with E-state index < -0.39 is 0 Å². The topological polar surface area (TPSA) is 39.1 Å². The Morgan fingerprint density at radius 3 is 3.00 bits per heavy atom. The molecule has 0 saturated carbocycles. The van der Waals surface area contributed by atoms with Crippen LogP contribution in [0.2, 0.25) is 0 Å². The van der Waals surface area contributed by atoms with Gasteiger partial charge in [-0.1, -0.05) is 6.92 Å². The van der Waals surface area contributed by atoms with Gasteiger partial charge < -0.3 is 14.6 Å². The second-order valence-electron chi connectivity index (χ2n) is 4.51. The summed E-state index contributed by atoms with van der Waals surface area (Å²) in [6, 6.07) is 4.84. The summed E-state index contributed by atoms with van der Waals surface area (Å²) < 4.78 is 20.5. The molecule has 0 aliphatic rings. The van der Waals surface area contributed by atoms with Crippen molar-refractivity contribution in [3.63, 3.8) is 0 Å². The van der Waals surface area contributed by atoms with Crippen molar-refractivity contribution in [3.05, 3.63) is 47.8 Å². The van der Waals surface area contributed by atoms with Gasteiger partial charge in [-0.05, 0) is 23.8 Å². The van der Waals surface area contributed by atoms with Crippen LogP contribution in [0, 0.1) is 5.82 Å². The van der Waals surface area contributed by atoms with Gasteiger partial charge in [0.15, 0.2) is 0 Å². The Morgan fingerprint density at radius 1 is 1.40 bits per heavy atom. The molecule has 5 heteroatoms. The summed E-state index contributed by atoms with van der Waals surface area (Å²) >= 11 is 0. The van der Waals surface area contributed by atoms with Crippen molar-refractivity contribution in [3.8, 4) is 5.69 Å². The number of methoxy groups -OCH3 is 1. The van der Waals surface area contributed by atoms with Gasteiger partial charge in [-0.25, -0.2) is 9.37 Å². The second-order valence-corrected chi connectivity index (χ2v) is 4.51. The average Bonchev–Trinajstić information content (AvgIpc) is 2.92. The average molecular weight is 277 g/mol. The van der Waals surface area contributed by atoms with Crippen LogP contribution in [0.15, 0.2) is 30.6 Å². The highest BCUT2D eigenvalue weighted by Crippen LogP contribution is 2.18. The van der Waals surface area contributed by atoms with Crippen LogP contribution in [0.1, 0.15) is 18.3 Å². The van der Waals surface area contributed by atoms with Crippen LogP contribution in [0.3, 0.4) is 0 Å². The normalized spacial score (nSPS) is 10.9. The Bertz CT molecular complexity index is 554. The van der Waals surface area contributed by atoms with Crippen LogP contribution in [0.4, 0.5) is 4.39 Å². The highest BCUT2D eigenvalue weighted by molar-refractivity contribution is 5.42. The van der Waals surface area contributed by atoms with Crippen molar-refractivity contribution in [2.45, 2.75) is 19.9 Å². The molecule has 0 fully saturated rings. The molecule has 0 atom stereocenters. The van der Waals surface area contributed by atoms with E-state index in [0.717, 1.165) is 30.0 Å². The van der Waals surface area contributed by atoms with Crippen LogP contribution in [-0.4, -0.2) is 29.8 Å². The number of ether oxygens (including phenoxy) is 1. The van der Waals surface area contributed by atoms with Crippen LogP contribution in [0.5, 0.6) is 0 Å². The Labute approximate surface area is 118 Å². The molecule has 0 aliphatic heterocycles. The number of nitrogens with one attached hydrogen (secondary N) is 1. The number of nitrogens with zero attached hydrogens (tertiary/aromatic N) is 2. The van der Waals surface area contributed by atoms with E-state index in [2.05, 4.69) is 17.2 Å². The van der Waals surface area contributed by atoms with Gasteiger partial charge in [-0.2, -0.15) is 0 Å². The van der Waals surface area contributed by atoms with Gasteiger partial charge in [-0.3, -0.25) is 0 Å². The molecule has 0 amide bonds. The molecule has 2 aromatic rings. The zero-order chi connectivity index (χ0) is 14.4. The molecule has 1 aromatic carbocycles. The molecular weight excluding hydrogens is 257 g/mol.